The molecule has 5 rings (SSSR count). The molecule has 3 heterocycles. The first kappa shape index (κ1) is 16.6. The van der Waals surface area contributed by atoms with Gasteiger partial charge in [-0.05, 0) is 36.4 Å². The number of thiophene rings is 1. The molecule has 1 fully saturated rings. The predicted octanol–water partition coefficient (Wildman–Crippen LogP) is 4.42. The van der Waals surface area contributed by atoms with Crippen LogP contribution in [0.2, 0.25) is 0 Å². The fraction of sp³-hybridized carbons (Fsp3) is 0.250. The van der Waals surface area contributed by atoms with E-state index in [1.165, 1.54) is 12.8 Å². The third-order valence-electron chi connectivity index (χ3n) is 4.65. The Hall–Kier alpha value is -2.51. The molecule has 136 valence electrons. The molecule has 1 aromatic carbocycles. The van der Waals surface area contributed by atoms with Crippen molar-refractivity contribution in [3.05, 3.63) is 58.7 Å². The Bertz CT molecular complexity index is 1090. The van der Waals surface area contributed by atoms with E-state index in [-0.39, 0.29) is 5.91 Å². The molecule has 27 heavy (non-hydrogen) atoms. The maximum Gasteiger partial charge on any atom is 0.226 e. The Labute approximate surface area is 164 Å². The smallest absolute Gasteiger partial charge is 0.226 e. The third-order valence-corrected chi connectivity index (χ3v) is 6.58. The van der Waals surface area contributed by atoms with Crippen LogP contribution >= 0.6 is 22.7 Å². The molecule has 4 aromatic rings. The van der Waals surface area contributed by atoms with Gasteiger partial charge in [0.05, 0.1) is 34.6 Å². The zero-order valence-corrected chi connectivity index (χ0v) is 16.2. The molecule has 1 N–H and O–H groups in total. The molecular formula is C20H18N4OS2. The van der Waals surface area contributed by atoms with Gasteiger partial charge in [0.15, 0.2) is 0 Å². The molecule has 0 radical (unpaired) electrons. The molecular weight excluding hydrogens is 376 g/mol. The lowest BCUT2D eigenvalue weighted by atomic mass is 10.3. The summed E-state index contributed by atoms with van der Waals surface area (Å²) in [6, 6.07) is 12.8. The molecule has 0 spiro atoms. The second kappa shape index (κ2) is 6.90. The van der Waals surface area contributed by atoms with Gasteiger partial charge < -0.3 is 9.88 Å². The molecule has 0 bridgehead atoms. The molecule has 0 unspecified atom stereocenters. The van der Waals surface area contributed by atoms with Crippen molar-refractivity contribution in [3.8, 4) is 9.88 Å². The molecule has 7 heteroatoms. The lowest BCUT2D eigenvalue weighted by Crippen LogP contribution is -2.26. The van der Waals surface area contributed by atoms with Gasteiger partial charge in [-0.15, -0.1) is 22.7 Å². The average molecular weight is 395 g/mol. The van der Waals surface area contributed by atoms with Gasteiger partial charge in [-0.1, -0.05) is 18.2 Å². The Kier molecular flexibility index (Phi) is 4.26. The van der Waals surface area contributed by atoms with E-state index in [0.717, 1.165) is 32.4 Å². The fourth-order valence-corrected chi connectivity index (χ4v) is 4.90. The molecule has 0 saturated heterocycles. The zero-order chi connectivity index (χ0) is 18.2. The summed E-state index contributed by atoms with van der Waals surface area (Å²) in [6.07, 6.45) is 2.67. The van der Waals surface area contributed by atoms with Crippen LogP contribution in [0.15, 0.2) is 47.2 Å². The van der Waals surface area contributed by atoms with E-state index in [1.54, 1.807) is 22.7 Å². The first-order valence-corrected chi connectivity index (χ1v) is 10.7. The van der Waals surface area contributed by atoms with Gasteiger partial charge in [-0.3, -0.25) is 4.79 Å². The Morgan fingerprint density at radius 1 is 1.15 bits per heavy atom. The molecule has 3 aromatic heterocycles. The molecule has 5 nitrogen and oxygen atoms in total. The van der Waals surface area contributed by atoms with E-state index >= 15 is 0 Å². The summed E-state index contributed by atoms with van der Waals surface area (Å²) in [4.78, 5) is 22.9. The number of carbonyl (C=O) groups is 1. The van der Waals surface area contributed by atoms with Crippen molar-refractivity contribution in [2.45, 2.75) is 31.8 Å². The number of fused-ring (bicyclic) bond motifs is 1. The van der Waals surface area contributed by atoms with Gasteiger partial charge >= 0.3 is 0 Å². The molecule has 1 amide bonds. The van der Waals surface area contributed by atoms with Crippen LogP contribution in [0.1, 0.15) is 30.4 Å². The number of carbonyl (C=O) groups excluding carboxylic acids is 1. The standard InChI is InChI=1S/C20H18N4OS2/c25-19(10-13-12-27-20(22-13)17-6-3-9-26-17)21-11-18-23-15-4-1-2-5-16(15)24(18)14-7-8-14/h1-6,9,12,14H,7-8,10-11H2,(H,21,25). The van der Waals surface area contributed by atoms with E-state index in [0.29, 0.717) is 19.0 Å². The molecule has 1 aliphatic carbocycles. The number of aromatic nitrogens is 3. The number of hydrogen-bond acceptors (Lipinski definition) is 5. The van der Waals surface area contributed by atoms with E-state index in [9.17, 15) is 4.79 Å². The average Bonchev–Trinajstić information content (AvgIpc) is 3.10. The van der Waals surface area contributed by atoms with E-state index in [4.69, 9.17) is 4.98 Å². The van der Waals surface area contributed by atoms with Crippen molar-refractivity contribution in [2.24, 2.45) is 0 Å². The highest BCUT2D eigenvalue weighted by atomic mass is 32.1. The number of rotatable bonds is 6. The second-order valence-electron chi connectivity index (χ2n) is 6.69. The molecule has 0 atom stereocenters. The minimum atomic E-state index is -0.0209. The van der Waals surface area contributed by atoms with Gasteiger partial charge in [0, 0.05) is 11.4 Å². The first-order valence-electron chi connectivity index (χ1n) is 8.99. The number of hydrogen-bond donors (Lipinski definition) is 1. The van der Waals surface area contributed by atoms with Crippen LogP contribution in [-0.4, -0.2) is 20.4 Å². The van der Waals surface area contributed by atoms with Gasteiger partial charge in [0.25, 0.3) is 0 Å². The highest BCUT2D eigenvalue weighted by Gasteiger charge is 2.28. The van der Waals surface area contributed by atoms with Gasteiger partial charge in [-0.2, -0.15) is 0 Å². The largest absolute Gasteiger partial charge is 0.349 e. The number of thiazole rings is 1. The highest BCUT2D eigenvalue weighted by molar-refractivity contribution is 7.20. The van der Waals surface area contributed by atoms with Gasteiger partial charge in [0.1, 0.15) is 10.8 Å². The highest BCUT2D eigenvalue weighted by Crippen LogP contribution is 2.38. The quantitative estimate of drug-likeness (QED) is 0.527. The van der Waals surface area contributed by atoms with E-state index in [2.05, 4.69) is 27.0 Å². The minimum Gasteiger partial charge on any atom is -0.349 e. The Morgan fingerprint density at radius 2 is 2.04 bits per heavy atom. The topological polar surface area (TPSA) is 59.8 Å². The first-order chi connectivity index (χ1) is 13.3. The number of para-hydroxylation sites is 2. The van der Waals surface area contributed by atoms with Crippen molar-refractivity contribution in [1.29, 1.82) is 0 Å². The Morgan fingerprint density at radius 3 is 2.85 bits per heavy atom. The van der Waals surface area contributed by atoms with Crippen molar-refractivity contribution < 1.29 is 4.79 Å². The van der Waals surface area contributed by atoms with Crippen LogP contribution in [0.25, 0.3) is 20.9 Å². The number of amides is 1. The van der Waals surface area contributed by atoms with Crippen molar-refractivity contribution in [3.63, 3.8) is 0 Å². The summed E-state index contributed by atoms with van der Waals surface area (Å²) in [5.41, 5.74) is 2.97. The zero-order valence-electron chi connectivity index (χ0n) is 14.6. The van der Waals surface area contributed by atoms with E-state index in [1.807, 2.05) is 35.0 Å². The second-order valence-corrected chi connectivity index (χ2v) is 8.50. The molecule has 0 aliphatic heterocycles. The van der Waals surface area contributed by atoms with Gasteiger partial charge in [-0.25, -0.2) is 9.97 Å². The fourth-order valence-electron chi connectivity index (χ4n) is 3.27. The van der Waals surface area contributed by atoms with Crippen LogP contribution in [0, 0.1) is 0 Å². The molecule has 1 saturated carbocycles. The lowest BCUT2D eigenvalue weighted by Gasteiger charge is -2.08. The Balaban J connectivity index is 1.27. The minimum absolute atomic E-state index is 0.0209. The van der Waals surface area contributed by atoms with Crippen molar-refractivity contribution in [1.82, 2.24) is 19.9 Å². The normalized spacial score (nSPS) is 13.9. The lowest BCUT2D eigenvalue weighted by molar-refractivity contribution is -0.120. The number of nitrogens with zero attached hydrogens (tertiary/aromatic N) is 3. The van der Waals surface area contributed by atoms with Crippen LogP contribution in [-0.2, 0) is 17.8 Å². The summed E-state index contributed by atoms with van der Waals surface area (Å²) in [5.74, 6) is 0.914. The molecule has 1 aliphatic rings. The summed E-state index contributed by atoms with van der Waals surface area (Å²) in [6.45, 7) is 0.450. The van der Waals surface area contributed by atoms with Crippen LogP contribution in [0.5, 0.6) is 0 Å². The van der Waals surface area contributed by atoms with Crippen LogP contribution < -0.4 is 5.32 Å². The van der Waals surface area contributed by atoms with Crippen LogP contribution in [0.3, 0.4) is 0 Å². The third kappa shape index (κ3) is 3.40. The number of benzene rings is 1. The maximum atomic E-state index is 12.4. The monoisotopic (exact) mass is 394 g/mol. The summed E-state index contributed by atoms with van der Waals surface area (Å²) in [5, 5.41) is 8.00. The summed E-state index contributed by atoms with van der Waals surface area (Å²) < 4.78 is 2.29. The SMILES string of the molecule is O=C(Cc1csc(-c2cccs2)n1)NCc1nc2ccccc2n1C1CC1. The van der Waals surface area contributed by atoms with Crippen molar-refractivity contribution in [2.75, 3.05) is 0 Å². The number of nitrogens with one attached hydrogen (secondary N) is 1. The summed E-state index contributed by atoms with van der Waals surface area (Å²) in [7, 11) is 0. The van der Waals surface area contributed by atoms with E-state index < -0.39 is 0 Å². The van der Waals surface area contributed by atoms with Crippen LogP contribution in [0.4, 0.5) is 0 Å². The van der Waals surface area contributed by atoms with Gasteiger partial charge in [0.2, 0.25) is 5.91 Å². The van der Waals surface area contributed by atoms with Crippen molar-refractivity contribution >= 4 is 39.6 Å². The maximum absolute atomic E-state index is 12.4. The number of imidazole rings is 1. The summed E-state index contributed by atoms with van der Waals surface area (Å²) >= 11 is 3.25. The predicted molar refractivity (Wildman–Crippen MR) is 109 cm³/mol.